The molecule has 2 heterocycles. The van der Waals surface area contributed by atoms with Crippen LogP contribution in [-0.2, 0) is 4.79 Å². The summed E-state index contributed by atoms with van der Waals surface area (Å²) in [4.78, 5) is 14.5. The highest BCUT2D eigenvalue weighted by Gasteiger charge is 2.50. The van der Waals surface area contributed by atoms with E-state index in [1.54, 1.807) is 4.90 Å². The summed E-state index contributed by atoms with van der Waals surface area (Å²) >= 11 is 0. The highest BCUT2D eigenvalue weighted by atomic mass is 19.4. The van der Waals surface area contributed by atoms with Crippen LogP contribution in [0.3, 0.4) is 0 Å². The van der Waals surface area contributed by atoms with Crippen LogP contribution in [0.25, 0.3) is 5.57 Å². The van der Waals surface area contributed by atoms with E-state index in [0.717, 1.165) is 36.8 Å². The molecule has 1 aliphatic carbocycles. The number of benzene rings is 1. The number of hydrazone groups is 1. The molecule has 0 bridgehead atoms. The number of carbonyl (C=O) groups is 1. The standard InChI is InChI=1S/C21H24F3N3O/c22-21(23,24)20-17-10-4-5-11-18(17)27(25-20)14-19(28)26-12-6-9-16(13-26)15-7-2-1-3-8-15/h1-3,7-8,13,17-18H,4-6,9-12,14H2. The smallest absolute Gasteiger partial charge is 0.317 e. The molecule has 1 aromatic carbocycles. The Bertz CT molecular complexity index is 788. The minimum absolute atomic E-state index is 0.0979. The van der Waals surface area contributed by atoms with Crippen molar-refractivity contribution in [2.24, 2.45) is 11.0 Å². The Balaban J connectivity index is 1.50. The summed E-state index contributed by atoms with van der Waals surface area (Å²) in [6.45, 7) is 0.492. The first-order valence-electron chi connectivity index (χ1n) is 9.91. The monoisotopic (exact) mass is 391 g/mol. The number of halogens is 3. The van der Waals surface area contributed by atoms with E-state index in [9.17, 15) is 18.0 Å². The van der Waals surface area contributed by atoms with Crippen LogP contribution < -0.4 is 0 Å². The number of rotatable bonds is 3. The normalized spacial score (nSPS) is 25.2. The predicted molar refractivity (Wildman–Crippen MR) is 101 cm³/mol. The average molecular weight is 391 g/mol. The van der Waals surface area contributed by atoms with Crippen molar-refractivity contribution in [3.8, 4) is 0 Å². The highest BCUT2D eigenvalue weighted by Crippen LogP contribution is 2.39. The number of amides is 1. The van der Waals surface area contributed by atoms with Gasteiger partial charge in [-0.3, -0.25) is 9.80 Å². The lowest BCUT2D eigenvalue weighted by atomic mass is 9.82. The van der Waals surface area contributed by atoms with Gasteiger partial charge in [0.1, 0.15) is 12.3 Å². The molecule has 0 aromatic heterocycles. The molecule has 4 nitrogen and oxygen atoms in total. The van der Waals surface area contributed by atoms with Crippen LogP contribution in [-0.4, -0.2) is 46.8 Å². The number of allylic oxidation sites excluding steroid dienone is 1. The summed E-state index contributed by atoms with van der Waals surface area (Å²) in [7, 11) is 0. The molecule has 4 rings (SSSR count). The van der Waals surface area contributed by atoms with Crippen molar-refractivity contribution < 1.29 is 18.0 Å². The van der Waals surface area contributed by atoms with Crippen LogP contribution in [0.2, 0.25) is 0 Å². The third kappa shape index (κ3) is 3.80. The van der Waals surface area contributed by atoms with Crippen molar-refractivity contribution in [2.45, 2.75) is 50.7 Å². The van der Waals surface area contributed by atoms with Crippen LogP contribution in [0.5, 0.6) is 0 Å². The molecule has 1 saturated carbocycles. The lowest BCUT2D eigenvalue weighted by molar-refractivity contribution is -0.130. The van der Waals surface area contributed by atoms with E-state index in [4.69, 9.17) is 0 Å². The Morgan fingerprint density at radius 3 is 2.61 bits per heavy atom. The average Bonchev–Trinajstić information content (AvgIpc) is 3.08. The minimum atomic E-state index is -4.43. The summed E-state index contributed by atoms with van der Waals surface area (Å²) in [5.41, 5.74) is 1.45. The summed E-state index contributed by atoms with van der Waals surface area (Å²) in [6.07, 6.45) is 1.98. The van der Waals surface area contributed by atoms with E-state index in [2.05, 4.69) is 5.10 Å². The van der Waals surface area contributed by atoms with Crippen LogP contribution in [0.1, 0.15) is 44.1 Å². The van der Waals surface area contributed by atoms with Gasteiger partial charge in [-0.05, 0) is 36.8 Å². The van der Waals surface area contributed by atoms with Gasteiger partial charge in [-0.25, -0.2) is 0 Å². The lowest BCUT2D eigenvalue weighted by Crippen LogP contribution is -2.43. The van der Waals surface area contributed by atoms with E-state index < -0.39 is 17.8 Å². The van der Waals surface area contributed by atoms with Gasteiger partial charge in [0.05, 0.1) is 6.04 Å². The molecule has 1 fully saturated rings. The maximum absolute atomic E-state index is 13.4. The molecule has 0 saturated heterocycles. The summed E-state index contributed by atoms with van der Waals surface area (Å²) in [5, 5.41) is 5.28. The number of hydrogen-bond donors (Lipinski definition) is 0. The predicted octanol–water partition coefficient (Wildman–Crippen LogP) is 4.44. The number of fused-ring (bicyclic) bond motifs is 1. The fraction of sp³-hybridized carbons (Fsp3) is 0.524. The molecule has 1 amide bonds. The molecule has 0 N–H and O–H groups in total. The van der Waals surface area contributed by atoms with Crippen LogP contribution in [0, 0.1) is 5.92 Å². The Kier molecular flexibility index (Phi) is 5.17. The summed E-state index contributed by atoms with van der Waals surface area (Å²) < 4.78 is 40.1. The van der Waals surface area contributed by atoms with Crippen molar-refractivity contribution in [3.63, 3.8) is 0 Å². The van der Waals surface area contributed by atoms with E-state index >= 15 is 0 Å². The maximum Gasteiger partial charge on any atom is 0.431 e. The zero-order chi connectivity index (χ0) is 19.7. The van der Waals surface area contributed by atoms with Gasteiger partial charge in [0, 0.05) is 18.7 Å². The quantitative estimate of drug-likeness (QED) is 0.764. The van der Waals surface area contributed by atoms with Crippen LogP contribution >= 0.6 is 0 Å². The third-order valence-corrected chi connectivity index (χ3v) is 5.91. The van der Waals surface area contributed by atoms with E-state index in [1.807, 2.05) is 36.5 Å². The van der Waals surface area contributed by atoms with E-state index in [-0.39, 0.29) is 18.5 Å². The van der Waals surface area contributed by atoms with Crippen molar-refractivity contribution >= 4 is 17.2 Å². The van der Waals surface area contributed by atoms with Gasteiger partial charge in [0.25, 0.3) is 0 Å². The zero-order valence-electron chi connectivity index (χ0n) is 15.7. The third-order valence-electron chi connectivity index (χ3n) is 5.91. The molecule has 2 aliphatic heterocycles. The van der Waals surface area contributed by atoms with Gasteiger partial charge in [-0.1, -0.05) is 43.2 Å². The van der Waals surface area contributed by atoms with Gasteiger partial charge in [-0.15, -0.1) is 0 Å². The lowest BCUT2D eigenvalue weighted by Gasteiger charge is -2.33. The van der Waals surface area contributed by atoms with Crippen LogP contribution in [0.4, 0.5) is 13.2 Å². The Labute approximate surface area is 162 Å². The van der Waals surface area contributed by atoms with Crippen molar-refractivity contribution in [1.29, 1.82) is 0 Å². The highest BCUT2D eigenvalue weighted by molar-refractivity contribution is 5.94. The fourth-order valence-electron chi connectivity index (χ4n) is 4.55. The van der Waals surface area contributed by atoms with Crippen molar-refractivity contribution in [1.82, 2.24) is 9.91 Å². The fourth-order valence-corrected chi connectivity index (χ4v) is 4.55. The SMILES string of the molecule is O=C(CN1N=C(C(F)(F)F)C2CCCCC21)N1C=C(c2ccccc2)CCC1. The van der Waals surface area contributed by atoms with Gasteiger partial charge >= 0.3 is 6.18 Å². The second-order valence-corrected chi connectivity index (χ2v) is 7.75. The number of hydrogen-bond acceptors (Lipinski definition) is 3. The molecule has 0 radical (unpaired) electrons. The zero-order valence-corrected chi connectivity index (χ0v) is 15.7. The molecule has 7 heteroatoms. The molecule has 3 aliphatic rings. The van der Waals surface area contributed by atoms with Crippen molar-refractivity contribution in [3.05, 3.63) is 42.1 Å². The van der Waals surface area contributed by atoms with E-state index in [1.165, 1.54) is 5.01 Å². The van der Waals surface area contributed by atoms with E-state index in [0.29, 0.717) is 19.4 Å². The molecule has 150 valence electrons. The molecule has 28 heavy (non-hydrogen) atoms. The molecular formula is C21H24F3N3O. The maximum atomic E-state index is 13.4. The van der Waals surface area contributed by atoms with Gasteiger partial charge in [0.15, 0.2) is 0 Å². The largest absolute Gasteiger partial charge is 0.431 e. The molecule has 2 unspecified atom stereocenters. The number of nitrogens with zero attached hydrogens (tertiary/aromatic N) is 3. The summed E-state index contributed by atoms with van der Waals surface area (Å²) in [6, 6.07) is 9.56. The van der Waals surface area contributed by atoms with Gasteiger partial charge in [0.2, 0.25) is 5.91 Å². The first-order valence-corrected chi connectivity index (χ1v) is 9.91. The Morgan fingerprint density at radius 1 is 1.11 bits per heavy atom. The number of carbonyl (C=O) groups excluding carboxylic acids is 1. The minimum Gasteiger partial charge on any atom is -0.317 e. The Hall–Kier alpha value is -2.31. The Morgan fingerprint density at radius 2 is 1.86 bits per heavy atom. The second-order valence-electron chi connectivity index (χ2n) is 7.75. The van der Waals surface area contributed by atoms with Crippen LogP contribution in [0.15, 0.2) is 41.6 Å². The molecular weight excluding hydrogens is 367 g/mol. The number of alkyl halides is 3. The molecule has 0 spiro atoms. The van der Waals surface area contributed by atoms with Crippen molar-refractivity contribution in [2.75, 3.05) is 13.1 Å². The van der Waals surface area contributed by atoms with Gasteiger partial charge < -0.3 is 4.90 Å². The first kappa shape index (κ1) is 19.0. The summed E-state index contributed by atoms with van der Waals surface area (Å²) in [5.74, 6) is -0.789. The molecule has 2 atom stereocenters. The second kappa shape index (κ2) is 7.60. The molecule has 1 aromatic rings. The topological polar surface area (TPSA) is 35.9 Å². The first-order chi connectivity index (χ1) is 13.4. The van der Waals surface area contributed by atoms with Gasteiger partial charge in [-0.2, -0.15) is 18.3 Å².